The summed E-state index contributed by atoms with van der Waals surface area (Å²) in [7, 11) is 0. The van der Waals surface area contributed by atoms with Gasteiger partial charge in [0.05, 0.1) is 0 Å². The molecule has 0 amide bonds. The van der Waals surface area contributed by atoms with E-state index in [1.54, 1.807) is 24.4 Å². The van der Waals surface area contributed by atoms with Crippen LogP contribution in [0.15, 0.2) is 109 Å². The maximum Gasteiger partial charge on any atom is 0 e. The van der Waals surface area contributed by atoms with E-state index in [-0.39, 0.29) is 31.5 Å². The van der Waals surface area contributed by atoms with Crippen molar-refractivity contribution in [3.05, 3.63) is 139 Å². The van der Waals surface area contributed by atoms with Gasteiger partial charge in [-0.2, -0.15) is 11.3 Å². The fraction of sp³-hybridized carbons (Fsp3) is 0.171. The first-order valence-corrected chi connectivity index (χ1v) is 23.3. The molecule has 239 valence electrons. The first-order chi connectivity index (χ1) is 23.6. The zero-order valence-electron chi connectivity index (χ0n) is 30.9. The molecule has 3 aromatic heterocycles. The van der Waals surface area contributed by atoms with Gasteiger partial charge < -0.3 is 4.98 Å². The standard InChI is InChI=1S/C27H21FNS.C14H16GeN.Ir/c1-16(2)19-13-14-29-25(15-19)24-6-4-5-22-23-12-11-21(17(3)26(23)30-27(22)24)18-7-9-20(28)10-8-18;1-15(2,3)13-9-10-14(16-11-13)12-7-5-4-6-8-12;/h4-5,7-16H,1-3H3;4-7,9-11H,1-3H3;/q2*-1;/i3D3,16D;;. The Kier molecular flexibility index (Phi) is 9.30. The maximum atomic E-state index is 13.5. The van der Waals surface area contributed by atoms with Crippen LogP contribution in [0.5, 0.6) is 0 Å². The summed E-state index contributed by atoms with van der Waals surface area (Å²) in [6.45, 7) is 1.30. The van der Waals surface area contributed by atoms with E-state index >= 15 is 0 Å². The summed E-state index contributed by atoms with van der Waals surface area (Å²) in [6, 6.07) is 35.9. The van der Waals surface area contributed by atoms with Crippen LogP contribution in [0.4, 0.5) is 4.39 Å². The predicted octanol–water partition coefficient (Wildman–Crippen LogP) is 11.2. The quantitative estimate of drug-likeness (QED) is 0.127. The molecule has 0 aliphatic carbocycles. The van der Waals surface area contributed by atoms with Crippen molar-refractivity contribution >= 4 is 49.2 Å². The number of pyridine rings is 2. The second-order valence-electron chi connectivity index (χ2n) is 12.5. The van der Waals surface area contributed by atoms with E-state index in [1.165, 1.54) is 27.9 Å². The number of fused-ring (bicyclic) bond motifs is 3. The largest absolute Gasteiger partial charge is 0 e. The number of halogens is 1. The summed E-state index contributed by atoms with van der Waals surface area (Å²) in [4.78, 5) is 9.06. The summed E-state index contributed by atoms with van der Waals surface area (Å²) in [5.74, 6) is 6.00. The minimum Gasteiger partial charge on any atom is 0 e. The number of nitrogens with zero attached hydrogens (tertiary/aromatic N) is 2. The van der Waals surface area contributed by atoms with Crippen molar-refractivity contribution in [2.45, 2.75) is 43.9 Å². The Hall–Kier alpha value is -3.48. The van der Waals surface area contributed by atoms with E-state index in [4.69, 9.17) is 5.48 Å². The molecule has 0 fully saturated rings. The van der Waals surface area contributed by atoms with Crippen molar-refractivity contribution in [1.29, 1.82) is 0 Å². The van der Waals surface area contributed by atoms with E-state index in [0.29, 0.717) is 21.5 Å². The number of benzene rings is 4. The third-order valence-electron chi connectivity index (χ3n) is 7.96. The Labute approximate surface area is 303 Å². The SMILES string of the molecule is [2H]C([2H])([2H])c1c(-c2ccc(F)cc2)ccc2c1sc1c(-c3cc(C([2H])(C)C)ccn3)[c-]ccc12.[CH3][Ge]([CH3])([CH3])[c]1ccc(-c2[c-]cccc2)nc1.[Ir]. The Morgan fingerprint density at radius 2 is 1.62 bits per heavy atom. The zero-order valence-corrected chi connectivity index (χ0v) is 32.2. The number of rotatable bonds is 5. The molecule has 7 aromatic rings. The van der Waals surface area contributed by atoms with E-state index in [1.807, 2.05) is 74.6 Å². The first-order valence-electron chi connectivity index (χ1n) is 17.2. The summed E-state index contributed by atoms with van der Waals surface area (Å²) in [6.07, 6.45) is 3.73. The summed E-state index contributed by atoms with van der Waals surface area (Å²) in [5, 5.41) is 1.78. The van der Waals surface area contributed by atoms with Crippen LogP contribution in [0.1, 0.15) is 36.4 Å². The molecule has 1 radical (unpaired) electrons. The van der Waals surface area contributed by atoms with Crippen molar-refractivity contribution in [3.63, 3.8) is 0 Å². The number of aromatic nitrogens is 2. The van der Waals surface area contributed by atoms with Gasteiger partial charge in [-0.3, -0.25) is 0 Å². The van der Waals surface area contributed by atoms with Gasteiger partial charge in [-0.05, 0) is 63.4 Å². The fourth-order valence-corrected chi connectivity index (χ4v) is 8.72. The molecular formula is C41H37FGeIrN2S-2. The summed E-state index contributed by atoms with van der Waals surface area (Å²) < 4.78 is 49.8. The molecule has 0 atom stereocenters. The van der Waals surface area contributed by atoms with Gasteiger partial charge in [0.2, 0.25) is 0 Å². The van der Waals surface area contributed by atoms with Gasteiger partial charge in [0.25, 0.3) is 0 Å². The molecule has 4 aromatic carbocycles. The topological polar surface area (TPSA) is 25.8 Å². The molecule has 0 saturated carbocycles. The summed E-state index contributed by atoms with van der Waals surface area (Å²) in [5.41, 5.74) is 5.88. The Morgan fingerprint density at radius 3 is 2.28 bits per heavy atom. The molecule has 0 aliphatic heterocycles. The second kappa shape index (κ2) is 14.7. The van der Waals surface area contributed by atoms with Crippen LogP contribution in [0, 0.1) is 24.8 Å². The minimum atomic E-state index is -2.36. The summed E-state index contributed by atoms with van der Waals surface area (Å²) >= 11 is -0.306. The molecule has 2 nitrogen and oxygen atoms in total. The molecule has 47 heavy (non-hydrogen) atoms. The van der Waals surface area contributed by atoms with Crippen molar-refractivity contribution in [2.24, 2.45) is 0 Å². The van der Waals surface area contributed by atoms with Crippen LogP contribution >= 0.6 is 11.3 Å². The van der Waals surface area contributed by atoms with Gasteiger partial charge in [-0.15, -0.1) is 23.8 Å². The van der Waals surface area contributed by atoms with E-state index in [9.17, 15) is 4.39 Å². The monoisotopic (exact) mass is 879 g/mol. The van der Waals surface area contributed by atoms with Crippen molar-refractivity contribution in [2.75, 3.05) is 0 Å². The van der Waals surface area contributed by atoms with Crippen molar-refractivity contribution < 1.29 is 30.0 Å². The third-order valence-corrected chi connectivity index (χ3v) is 13.5. The number of hydrogen-bond donors (Lipinski definition) is 0. The van der Waals surface area contributed by atoms with Gasteiger partial charge in [-0.1, -0.05) is 55.1 Å². The normalized spacial score (nSPS) is 13.1. The number of thiophene rings is 1. The molecule has 0 unspecified atom stereocenters. The Morgan fingerprint density at radius 1 is 0.830 bits per heavy atom. The molecule has 0 N–H and O–H groups in total. The Balaban J connectivity index is 0.000000249. The number of hydrogen-bond acceptors (Lipinski definition) is 3. The molecule has 0 spiro atoms. The average molecular weight is 878 g/mol. The number of aryl methyl sites for hydroxylation is 1. The van der Waals surface area contributed by atoms with Crippen LogP contribution < -0.4 is 4.40 Å². The van der Waals surface area contributed by atoms with Gasteiger partial charge in [0.1, 0.15) is 5.82 Å². The molecule has 0 aliphatic rings. The van der Waals surface area contributed by atoms with Gasteiger partial charge >= 0.3 is 99.8 Å². The smallest absolute Gasteiger partial charge is 0 e. The molecule has 6 heteroatoms. The van der Waals surface area contributed by atoms with Crippen LogP contribution in [0.25, 0.3) is 53.8 Å². The second-order valence-corrected chi connectivity index (χ2v) is 24.1. The average Bonchev–Trinajstić information content (AvgIpc) is 3.46. The van der Waals surface area contributed by atoms with Crippen LogP contribution in [0.3, 0.4) is 0 Å². The van der Waals surface area contributed by atoms with Gasteiger partial charge in [-0.25, -0.2) is 4.39 Å². The van der Waals surface area contributed by atoms with Gasteiger partial charge in [0.15, 0.2) is 0 Å². The van der Waals surface area contributed by atoms with Crippen molar-refractivity contribution in [3.8, 4) is 33.6 Å². The Bertz CT molecular complexity index is 2280. The van der Waals surface area contributed by atoms with Crippen LogP contribution in [0.2, 0.25) is 17.3 Å². The molecule has 0 saturated heterocycles. The first kappa shape index (κ1) is 29.6. The van der Waals surface area contributed by atoms with Gasteiger partial charge in [0, 0.05) is 36.5 Å². The molecule has 7 rings (SSSR count). The van der Waals surface area contributed by atoms with E-state index in [0.717, 1.165) is 37.9 Å². The molecule has 0 bridgehead atoms. The van der Waals surface area contributed by atoms with E-state index in [2.05, 4.69) is 51.5 Å². The zero-order chi connectivity index (χ0) is 35.8. The van der Waals surface area contributed by atoms with Crippen molar-refractivity contribution in [1.82, 2.24) is 9.97 Å². The fourth-order valence-electron chi connectivity index (χ4n) is 5.29. The minimum absolute atomic E-state index is 0. The van der Waals surface area contributed by atoms with Crippen LogP contribution in [-0.4, -0.2) is 23.2 Å². The van der Waals surface area contributed by atoms with E-state index < -0.39 is 26.0 Å². The van der Waals surface area contributed by atoms with Crippen LogP contribution in [-0.2, 0) is 20.1 Å². The maximum absolute atomic E-state index is 13.5. The third kappa shape index (κ3) is 7.65. The molecular weight excluding hydrogens is 836 g/mol. The predicted molar refractivity (Wildman–Crippen MR) is 197 cm³/mol. The molecule has 3 heterocycles.